The molecular formula is C22H19N3O3. The number of primary amides is 1. The molecule has 3 amide bonds. The second-order valence-electron chi connectivity index (χ2n) is 6.81. The molecule has 1 saturated heterocycles. The molecule has 0 unspecified atom stereocenters. The number of carbonyl (C=O) groups excluding carboxylic acids is 3. The maximum atomic E-state index is 12.9. The summed E-state index contributed by atoms with van der Waals surface area (Å²) in [6.45, 7) is 0.140. The molecule has 1 heterocycles. The van der Waals surface area contributed by atoms with Crippen LogP contribution in [0.25, 0.3) is 10.8 Å². The molecule has 0 spiro atoms. The highest BCUT2D eigenvalue weighted by atomic mass is 16.2. The Bertz CT molecular complexity index is 1060. The second-order valence-corrected chi connectivity index (χ2v) is 6.81. The van der Waals surface area contributed by atoms with Crippen molar-refractivity contribution in [3.8, 4) is 0 Å². The van der Waals surface area contributed by atoms with E-state index in [1.807, 2.05) is 48.5 Å². The molecule has 28 heavy (non-hydrogen) atoms. The van der Waals surface area contributed by atoms with E-state index >= 15 is 0 Å². The smallest absolute Gasteiger partial charge is 0.251 e. The van der Waals surface area contributed by atoms with Crippen LogP contribution in [0.3, 0.4) is 0 Å². The normalized spacial score (nSPS) is 19.0. The van der Waals surface area contributed by atoms with Crippen molar-refractivity contribution in [2.24, 2.45) is 11.7 Å². The van der Waals surface area contributed by atoms with Gasteiger partial charge < -0.3 is 16.0 Å². The van der Waals surface area contributed by atoms with Crippen LogP contribution in [0, 0.1) is 5.92 Å². The number of hydrogen-bond acceptors (Lipinski definition) is 3. The van der Waals surface area contributed by atoms with E-state index in [0.29, 0.717) is 11.3 Å². The molecule has 0 saturated carbocycles. The third-order valence-electron chi connectivity index (χ3n) is 5.05. The van der Waals surface area contributed by atoms with Gasteiger partial charge in [-0.05, 0) is 35.0 Å². The molecule has 3 aromatic rings. The minimum absolute atomic E-state index is 0.140. The number of nitrogens with two attached hydrogens (primary N) is 1. The van der Waals surface area contributed by atoms with E-state index in [2.05, 4.69) is 5.32 Å². The predicted octanol–water partition coefficient (Wildman–Crippen LogP) is 2.09. The Morgan fingerprint density at radius 3 is 2.32 bits per heavy atom. The molecule has 3 aromatic carbocycles. The summed E-state index contributed by atoms with van der Waals surface area (Å²) in [7, 11) is 0. The monoisotopic (exact) mass is 373 g/mol. The van der Waals surface area contributed by atoms with E-state index in [9.17, 15) is 14.4 Å². The molecule has 3 N–H and O–H groups in total. The Balaban J connectivity index is 1.59. The van der Waals surface area contributed by atoms with Gasteiger partial charge in [0.15, 0.2) is 0 Å². The molecule has 0 radical (unpaired) electrons. The summed E-state index contributed by atoms with van der Waals surface area (Å²) in [6.07, 6.45) is 0. The number of para-hydroxylation sites is 1. The van der Waals surface area contributed by atoms with Crippen LogP contribution in [0.2, 0.25) is 0 Å². The third-order valence-corrected chi connectivity index (χ3v) is 5.05. The molecule has 1 fully saturated rings. The zero-order valence-corrected chi connectivity index (χ0v) is 15.0. The number of amides is 3. The van der Waals surface area contributed by atoms with Crippen LogP contribution in [0.4, 0.5) is 5.69 Å². The van der Waals surface area contributed by atoms with Gasteiger partial charge >= 0.3 is 0 Å². The van der Waals surface area contributed by atoms with E-state index in [4.69, 9.17) is 5.73 Å². The SMILES string of the molecule is NC(=O)[C@H]1CN(c2ccccc2)C(=O)[C@H]1NC(=O)c1ccc2ccccc2c1. The van der Waals surface area contributed by atoms with E-state index in [1.165, 1.54) is 4.90 Å². The molecule has 0 aromatic heterocycles. The van der Waals surface area contributed by atoms with Crippen molar-refractivity contribution < 1.29 is 14.4 Å². The van der Waals surface area contributed by atoms with Crippen molar-refractivity contribution in [2.45, 2.75) is 6.04 Å². The van der Waals surface area contributed by atoms with Crippen LogP contribution in [0.15, 0.2) is 72.8 Å². The van der Waals surface area contributed by atoms with Gasteiger partial charge in [-0.2, -0.15) is 0 Å². The molecule has 2 atom stereocenters. The first-order chi connectivity index (χ1) is 13.5. The molecule has 1 aliphatic rings. The predicted molar refractivity (Wildman–Crippen MR) is 107 cm³/mol. The quantitative estimate of drug-likeness (QED) is 0.733. The minimum Gasteiger partial charge on any atom is -0.369 e. The largest absolute Gasteiger partial charge is 0.369 e. The lowest BCUT2D eigenvalue weighted by Gasteiger charge is -2.17. The molecule has 0 bridgehead atoms. The number of carbonyl (C=O) groups is 3. The first kappa shape index (κ1) is 17.7. The van der Waals surface area contributed by atoms with Gasteiger partial charge in [0.1, 0.15) is 6.04 Å². The summed E-state index contributed by atoms with van der Waals surface area (Å²) >= 11 is 0. The molecular weight excluding hydrogens is 354 g/mol. The number of hydrogen-bond donors (Lipinski definition) is 2. The minimum atomic E-state index is -0.989. The standard InChI is InChI=1S/C22H19N3O3/c23-20(26)18-13-25(17-8-2-1-3-9-17)22(28)19(18)24-21(27)16-11-10-14-6-4-5-7-15(14)12-16/h1-12,18-19H,13H2,(H2,23,26)(H,24,27)/t18-,19-/m0/s1. The van der Waals surface area contributed by atoms with Crippen molar-refractivity contribution in [3.05, 3.63) is 78.4 Å². The first-order valence-corrected chi connectivity index (χ1v) is 9.00. The zero-order valence-electron chi connectivity index (χ0n) is 15.0. The maximum Gasteiger partial charge on any atom is 0.251 e. The number of nitrogens with zero attached hydrogens (tertiary/aromatic N) is 1. The average Bonchev–Trinajstić information content (AvgIpc) is 3.05. The number of rotatable bonds is 4. The van der Waals surface area contributed by atoms with Crippen LogP contribution < -0.4 is 16.0 Å². The average molecular weight is 373 g/mol. The summed E-state index contributed by atoms with van der Waals surface area (Å²) in [5.41, 5.74) is 6.60. The van der Waals surface area contributed by atoms with E-state index in [1.54, 1.807) is 24.3 Å². The number of anilines is 1. The van der Waals surface area contributed by atoms with Crippen LogP contribution in [-0.2, 0) is 9.59 Å². The van der Waals surface area contributed by atoms with Gasteiger partial charge in [-0.3, -0.25) is 14.4 Å². The number of nitrogens with one attached hydrogen (secondary N) is 1. The third kappa shape index (κ3) is 3.20. The van der Waals surface area contributed by atoms with Crippen LogP contribution in [0.1, 0.15) is 10.4 Å². The Morgan fingerprint density at radius 1 is 0.929 bits per heavy atom. The fourth-order valence-electron chi connectivity index (χ4n) is 3.54. The van der Waals surface area contributed by atoms with E-state index in [-0.39, 0.29) is 12.5 Å². The van der Waals surface area contributed by atoms with Gasteiger partial charge in [-0.15, -0.1) is 0 Å². The highest BCUT2D eigenvalue weighted by Gasteiger charge is 2.44. The summed E-state index contributed by atoms with van der Waals surface area (Å²) in [4.78, 5) is 39.1. The van der Waals surface area contributed by atoms with Gasteiger partial charge in [-0.1, -0.05) is 48.5 Å². The fourth-order valence-corrected chi connectivity index (χ4v) is 3.54. The van der Waals surface area contributed by atoms with Gasteiger partial charge in [0.25, 0.3) is 5.91 Å². The lowest BCUT2D eigenvalue weighted by atomic mass is 10.0. The van der Waals surface area contributed by atoms with Crippen LogP contribution >= 0.6 is 0 Å². The highest BCUT2D eigenvalue weighted by Crippen LogP contribution is 2.26. The second kappa shape index (κ2) is 7.15. The Hall–Kier alpha value is -3.67. The van der Waals surface area contributed by atoms with E-state index < -0.39 is 23.8 Å². The van der Waals surface area contributed by atoms with Crippen molar-refractivity contribution in [3.63, 3.8) is 0 Å². The number of benzene rings is 3. The van der Waals surface area contributed by atoms with Crippen molar-refractivity contribution in [1.82, 2.24) is 5.32 Å². The van der Waals surface area contributed by atoms with Crippen molar-refractivity contribution in [2.75, 3.05) is 11.4 Å². The molecule has 6 nitrogen and oxygen atoms in total. The van der Waals surface area contributed by atoms with Gasteiger partial charge in [0, 0.05) is 17.8 Å². The first-order valence-electron chi connectivity index (χ1n) is 9.00. The molecule has 4 rings (SSSR count). The molecule has 0 aliphatic carbocycles. The highest BCUT2D eigenvalue weighted by molar-refractivity contribution is 6.08. The zero-order chi connectivity index (χ0) is 19.7. The summed E-state index contributed by atoms with van der Waals surface area (Å²) in [5, 5.41) is 4.65. The van der Waals surface area contributed by atoms with Crippen LogP contribution in [-0.4, -0.2) is 30.3 Å². The fraction of sp³-hybridized carbons (Fsp3) is 0.136. The van der Waals surface area contributed by atoms with Gasteiger partial charge in [0.2, 0.25) is 11.8 Å². The van der Waals surface area contributed by atoms with Crippen molar-refractivity contribution in [1.29, 1.82) is 0 Å². The van der Waals surface area contributed by atoms with Crippen molar-refractivity contribution >= 4 is 34.2 Å². The summed E-state index contributed by atoms with van der Waals surface area (Å²) in [6, 6.07) is 21.0. The Labute approximate surface area is 161 Å². The summed E-state index contributed by atoms with van der Waals surface area (Å²) < 4.78 is 0. The molecule has 140 valence electrons. The van der Waals surface area contributed by atoms with Crippen LogP contribution in [0.5, 0.6) is 0 Å². The van der Waals surface area contributed by atoms with Gasteiger partial charge in [0.05, 0.1) is 5.92 Å². The lowest BCUT2D eigenvalue weighted by molar-refractivity contribution is -0.125. The lowest BCUT2D eigenvalue weighted by Crippen LogP contribution is -2.47. The van der Waals surface area contributed by atoms with E-state index in [0.717, 1.165) is 10.8 Å². The maximum absolute atomic E-state index is 12.9. The Kier molecular flexibility index (Phi) is 4.53. The molecule has 1 aliphatic heterocycles. The topological polar surface area (TPSA) is 92.5 Å². The number of fused-ring (bicyclic) bond motifs is 1. The van der Waals surface area contributed by atoms with Gasteiger partial charge in [-0.25, -0.2) is 0 Å². The Morgan fingerprint density at radius 2 is 1.61 bits per heavy atom. The molecule has 6 heteroatoms. The summed E-state index contributed by atoms with van der Waals surface area (Å²) in [5.74, 6) is -2.16.